The number of carboxylic acids is 2. The number of rotatable bonds is 6. The Balaban J connectivity index is 4.52. The maximum atomic E-state index is 10.4. The summed E-state index contributed by atoms with van der Waals surface area (Å²) in [5.74, 6) is -2.76. The van der Waals surface area contributed by atoms with E-state index in [-0.39, 0.29) is 19.4 Å². The third-order valence-electron chi connectivity index (χ3n) is 1.92. The molecular weight excluding hydrogens is 188 g/mol. The number of aliphatic hydroxyl groups is 1. The van der Waals surface area contributed by atoms with Gasteiger partial charge in [0.05, 0.1) is 19.4 Å². The van der Waals surface area contributed by atoms with Crippen LogP contribution >= 0.6 is 0 Å². The molecule has 0 heterocycles. The molecule has 0 unspecified atom stereocenters. The van der Waals surface area contributed by atoms with E-state index in [1.54, 1.807) is 13.0 Å². The lowest BCUT2D eigenvalue weighted by Crippen LogP contribution is -2.16. The minimum atomic E-state index is -1.07. The van der Waals surface area contributed by atoms with Crippen molar-refractivity contribution >= 4 is 11.9 Å². The number of hydrogen-bond donors (Lipinski definition) is 3. The monoisotopic (exact) mass is 202 g/mol. The Morgan fingerprint density at radius 3 is 1.86 bits per heavy atom. The van der Waals surface area contributed by atoms with Gasteiger partial charge in [-0.2, -0.15) is 0 Å². The van der Waals surface area contributed by atoms with Crippen LogP contribution < -0.4 is 0 Å². The van der Waals surface area contributed by atoms with Crippen molar-refractivity contribution < 1.29 is 24.9 Å². The summed E-state index contributed by atoms with van der Waals surface area (Å²) in [6, 6.07) is 0. The van der Waals surface area contributed by atoms with Gasteiger partial charge in [0.2, 0.25) is 0 Å². The predicted molar refractivity (Wildman–Crippen MR) is 48.8 cm³/mol. The number of allylic oxidation sites excluding steroid dienone is 1. The summed E-state index contributed by atoms with van der Waals surface area (Å²) in [6.07, 6.45) is 1.01. The molecule has 0 saturated carbocycles. The fourth-order valence-electron chi connectivity index (χ4n) is 1.21. The Hall–Kier alpha value is -1.36. The molecule has 0 aromatic carbocycles. The first-order valence-electron chi connectivity index (χ1n) is 4.20. The summed E-state index contributed by atoms with van der Waals surface area (Å²) >= 11 is 0. The normalized spacial score (nSPS) is 11.8. The van der Waals surface area contributed by atoms with E-state index >= 15 is 0 Å². The second-order valence-electron chi connectivity index (χ2n) is 2.91. The molecule has 0 aliphatic carbocycles. The highest BCUT2D eigenvalue weighted by Gasteiger charge is 2.19. The first-order chi connectivity index (χ1) is 6.51. The largest absolute Gasteiger partial charge is 0.481 e. The number of carbonyl (C=O) groups is 2. The number of hydrogen-bond acceptors (Lipinski definition) is 3. The Labute approximate surface area is 81.7 Å². The van der Waals surface area contributed by atoms with Gasteiger partial charge in [-0.3, -0.25) is 9.59 Å². The SMILES string of the molecule is C/C=C(\CO)C(CC(=O)O)CC(=O)O. The number of carboxylic acid groups (broad SMARTS) is 2. The minimum absolute atomic E-state index is 0.271. The van der Waals surface area contributed by atoms with Gasteiger partial charge < -0.3 is 15.3 Å². The maximum absolute atomic E-state index is 10.4. The van der Waals surface area contributed by atoms with Crippen LogP contribution in [0, 0.1) is 5.92 Å². The minimum Gasteiger partial charge on any atom is -0.481 e. The summed E-state index contributed by atoms with van der Waals surface area (Å²) < 4.78 is 0. The van der Waals surface area contributed by atoms with E-state index in [2.05, 4.69) is 0 Å². The van der Waals surface area contributed by atoms with E-state index in [9.17, 15) is 9.59 Å². The van der Waals surface area contributed by atoms with Crippen LogP contribution in [0.4, 0.5) is 0 Å². The van der Waals surface area contributed by atoms with Gasteiger partial charge in [0, 0.05) is 5.92 Å². The topological polar surface area (TPSA) is 94.8 Å². The van der Waals surface area contributed by atoms with Crippen molar-refractivity contribution in [3.8, 4) is 0 Å². The van der Waals surface area contributed by atoms with Gasteiger partial charge >= 0.3 is 11.9 Å². The van der Waals surface area contributed by atoms with Crippen LogP contribution in [0.5, 0.6) is 0 Å². The summed E-state index contributed by atoms with van der Waals surface area (Å²) in [5.41, 5.74) is 0.454. The van der Waals surface area contributed by atoms with Gasteiger partial charge in [0.1, 0.15) is 0 Å². The summed E-state index contributed by atoms with van der Waals surface area (Å²) in [4.78, 5) is 20.9. The van der Waals surface area contributed by atoms with Crippen LogP contribution in [0.3, 0.4) is 0 Å². The number of aliphatic carboxylic acids is 2. The molecule has 3 N–H and O–H groups in total. The Bertz CT molecular complexity index is 228. The van der Waals surface area contributed by atoms with Gasteiger partial charge in [0.15, 0.2) is 0 Å². The molecule has 0 saturated heterocycles. The van der Waals surface area contributed by atoms with E-state index in [1.807, 2.05) is 0 Å². The molecule has 0 fully saturated rings. The van der Waals surface area contributed by atoms with Gasteiger partial charge in [-0.05, 0) is 12.5 Å². The van der Waals surface area contributed by atoms with Gasteiger partial charge in [0.25, 0.3) is 0 Å². The Kier molecular flexibility index (Phi) is 5.55. The first kappa shape index (κ1) is 12.6. The average Bonchev–Trinajstić information content (AvgIpc) is 2.03. The van der Waals surface area contributed by atoms with E-state index in [4.69, 9.17) is 15.3 Å². The zero-order valence-electron chi connectivity index (χ0n) is 7.93. The van der Waals surface area contributed by atoms with Crippen LogP contribution in [0.15, 0.2) is 11.6 Å². The van der Waals surface area contributed by atoms with E-state index in [1.165, 1.54) is 0 Å². The number of aliphatic hydroxyl groups excluding tert-OH is 1. The molecule has 80 valence electrons. The molecule has 0 rings (SSSR count). The third-order valence-corrected chi connectivity index (χ3v) is 1.92. The zero-order chi connectivity index (χ0) is 11.1. The van der Waals surface area contributed by atoms with Crippen molar-refractivity contribution in [2.45, 2.75) is 19.8 Å². The first-order valence-corrected chi connectivity index (χ1v) is 4.20. The van der Waals surface area contributed by atoms with Crippen LogP contribution in [0.2, 0.25) is 0 Å². The lowest BCUT2D eigenvalue weighted by molar-refractivity contribution is -0.140. The van der Waals surface area contributed by atoms with Crippen LogP contribution in [-0.4, -0.2) is 33.9 Å². The van der Waals surface area contributed by atoms with Crippen LogP contribution in [-0.2, 0) is 9.59 Å². The van der Waals surface area contributed by atoms with Crippen molar-refractivity contribution in [2.24, 2.45) is 5.92 Å². The molecule has 0 aromatic heterocycles. The molecule has 0 aliphatic heterocycles. The molecule has 0 aromatic rings. The zero-order valence-corrected chi connectivity index (χ0v) is 7.93. The molecule has 0 amide bonds. The molecule has 14 heavy (non-hydrogen) atoms. The predicted octanol–water partition coefficient (Wildman–Crippen LogP) is 0.491. The van der Waals surface area contributed by atoms with E-state index in [0.29, 0.717) is 5.57 Å². The maximum Gasteiger partial charge on any atom is 0.303 e. The summed E-state index contributed by atoms with van der Waals surface area (Å²) in [5, 5.41) is 25.9. The molecule has 5 nitrogen and oxygen atoms in total. The summed E-state index contributed by atoms with van der Waals surface area (Å²) in [6.45, 7) is 1.34. The van der Waals surface area contributed by atoms with Crippen molar-refractivity contribution in [3.63, 3.8) is 0 Å². The van der Waals surface area contributed by atoms with Crippen molar-refractivity contribution in [1.82, 2.24) is 0 Å². The lowest BCUT2D eigenvalue weighted by atomic mass is 9.92. The van der Waals surface area contributed by atoms with Gasteiger partial charge in [-0.15, -0.1) is 0 Å². The van der Waals surface area contributed by atoms with E-state index in [0.717, 1.165) is 0 Å². The van der Waals surface area contributed by atoms with Crippen molar-refractivity contribution in [1.29, 1.82) is 0 Å². The molecule has 0 radical (unpaired) electrons. The molecule has 0 bridgehead atoms. The van der Waals surface area contributed by atoms with E-state index < -0.39 is 17.9 Å². The standard InChI is InChI=1S/C9H14O5/c1-2-6(5-10)7(3-8(11)12)4-9(13)14/h2,7,10H,3-5H2,1H3,(H,11,12)(H,13,14)/b6-2+. The van der Waals surface area contributed by atoms with Crippen molar-refractivity contribution in [2.75, 3.05) is 6.61 Å². The highest BCUT2D eigenvalue weighted by atomic mass is 16.4. The molecule has 0 spiro atoms. The second kappa shape index (κ2) is 6.15. The summed E-state index contributed by atoms with van der Waals surface area (Å²) in [7, 11) is 0. The van der Waals surface area contributed by atoms with Crippen LogP contribution in [0.25, 0.3) is 0 Å². The Morgan fingerprint density at radius 1 is 1.21 bits per heavy atom. The van der Waals surface area contributed by atoms with Gasteiger partial charge in [-0.25, -0.2) is 0 Å². The van der Waals surface area contributed by atoms with Crippen molar-refractivity contribution in [3.05, 3.63) is 11.6 Å². The fourth-order valence-corrected chi connectivity index (χ4v) is 1.21. The molecule has 5 heteroatoms. The highest BCUT2D eigenvalue weighted by molar-refractivity contribution is 5.71. The molecule has 0 aliphatic rings. The third kappa shape index (κ3) is 4.61. The second-order valence-corrected chi connectivity index (χ2v) is 2.91. The van der Waals surface area contributed by atoms with Gasteiger partial charge in [-0.1, -0.05) is 6.08 Å². The molecular formula is C9H14O5. The quantitative estimate of drug-likeness (QED) is 0.545. The smallest absolute Gasteiger partial charge is 0.303 e. The highest BCUT2D eigenvalue weighted by Crippen LogP contribution is 2.19. The Morgan fingerprint density at radius 2 is 1.64 bits per heavy atom. The lowest BCUT2D eigenvalue weighted by Gasteiger charge is -2.14. The average molecular weight is 202 g/mol. The fraction of sp³-hybridized carbons (Fsp3) is 0.556. The molecule has 0 atom stereocenters. The van der Waals surface area contributed by atoms with Crippen LogP contribution in [0.1, 0.15) is 19.8 Å².